The first-order chi connectivity index (χ1) is 22.8. The van der Waals surface area contributed by atoms with Gasteiger partial charge in [-0.3, -0.25) is 14.1 Å². The molecule has 19 nitrogen and oxygen atoms in total. The van der Waals surface area contributed by atoms with Crippen molar-refractivity contribution < 1.29 is 64.1 Å². The monoisotopic (exact) mass is 738 g/mol. The maximum Gasteiger partial charge on any atom is 0.490 e. The number of nitrogens with zero attached hydrogens (tertiary/aromatic N) is 6. The zero-order valence-corrected chi connectivity index (χ0v) is 27.2. The van der Waals surface area contributed by atoms with E-state index in [1.54, 1.807) is 18.3 Å². The molecular formula is C25H31F3N9O10S2+. The number of carbonyl (C=O) groups excluding carboxylic acids is 2. The summed E-state index contributed by atoms with van der Waals surface area (Å²) in [5, 5.41) is 15.5. The molecule has 0 radical (unpaired) electrons. The molecule has 0 spiro atoms. The van der Waals surface area contributed by atoms with E-state index >= 15 is 0 Å². The molecule has 3 aromatic heterocycles. The number of aryl methyl sites for hydroxylation is 1. The molecule has 1 unspecified atom stereocenters. The molecule has 1 fully saturated rings. The van der Waals surface area contributed by atoms with Crippen LogP contribution in [0.3, 0.4) is 0 Å². The third kappa shape index (κ3) is 10.8. The first-order valence-electron chi connectivity index (χ1n) is 13.7. The van der Waals surface area contributed by atoms with Gasteiger partial charge >= 0.3 is 22.5 Å². The molecular weight excluding hydrogens is 707 g/mol. The van der Waals surface area contributed by atoms with Crippen LogP contribution in [0.25, 0.3) is 5.82 Å². The van der Waals surface area contributed by atoms with E-state index in [0.29, 0.717) is 23.2 Å². The zero-order valence-electron chi connectivity index (χ0n) is 25.6. The van der Waals surface area contributed by atoms with Crippen LogP contribution < -0.4 is 26.1 Å². The quantitative estimate of drug-likeness (QED) is 0.0359. The number of hydrogen-bond donors (Lipinski definition) is 5. The van der Waals surface area contributed by atoms with Crippen LogP contribution in [0.4, 0.5) is 18.3 Å². The molecule has 1 aliphatic rings. The first kappa shape index (κ1) is 38.5. The second kappa shape index (κ2) is 16.0. The van der Waals surface area contributed by atoms with E-state index in [0.717, 1.165) is 24.3 Å². The number of ether oxygens (including phenoxy) is 1. The number of hydroxylamine groups is 2. The van der Waals surface area contributed by atoms with Crippen molar-refractivity contribution in [1.82, 2.24) is 24.9 Å². The minimum Gasteiger partial charge on any atom is -0.488 e. The molecule has 0 bridgehead atoms. The van der Waals surface area contributed by atoms with E-state index in [9.17, 15) is 31.2 Å². The molecule has 1 aliphatic heterocycles. The molecule has 0 saturated carbocycles. The van der Waals surface area contributed by atoms with Crippen LogP contribution >= 0.6 is 11.3 Å². The van der Waals surface area contributed by atoms with E-state index in [1.807, 2.05) is 27.9 Å². The van der Waals surface area contributed by atoms with Crippen molar-refractivity contribution in [1.29, 1.82) is 0 Å². The Hall–Kier alpha value is -4.91. The lowest BCUT2D eigenvalue weighted by atomic mass is 9.84. The summed E-state index contributed by atoms with van der Waals surface area (Å²) < 4.78 is 76.5. The van der Waals surface area contributed by atoms with Gasteiger partial charge in [0.05, 0.1) is 18.3 Å². The topological polar surface area (TPSA) is 268 Å². The summed E-state index contributed by atoms with van der Waals surface area (Å²) in [6.45, 7) is 4.29. The van der Waals surface area contributed by atoms with Crippen molar-refractivity contribution in [2.75, 3.05) is 25.5 Å². The Balaban J connectivity index is 0.000000838. The van der Waals surface area contributed by atoms with Crippen LogP contribution in [0.15, 0.2) is 47.6 Å². The van der Waals surface area contributed by atoms with Gasteiger partial charge in [-0.05, 0) is 32.9 Å². The molecule has 7 N–H and O–H groups in total. The van der Waals surface area contributed by atoms with E-state index in [1.165, 1.54) is 19.2 Å². The predicted octanol–water partition coefficient (Wildman–Crippen LogP) is -0.180. The minimum atomic E-state index is -5.08. The number of imidazole rings is 1. The molecule has 1 saturated heterocycles. The van der Waals surface area contributed by atoms with Gasteiger partial charge in [-0.25, -0.2) is 19.3 Å². The number of hydrogen-bond acceptors (Lipinski definition) is 14. The fourth-order valence-electron chi connectivity index (χ4n) is 3.87. The normalized spacial score (nSPS) is 15.9. The summed E-state index contributed by atoms with van der Waals surface area (Å²) in [5.41, 5.74) is 9.76. The van der Waals surface area contributed by atoms with Crippen molar-refractivity contribution in [2.24, 2.45) is 10.9 Å². The largest absolute Gasteiger partial charge is 0.490 e. The highest BCUT2D eigenvalue weighted by Gasteiger charge is 2.58. The standard InChI is InChI=1S/C23H29N9O8S2.C2HF3O2/c1-23(2)19(21(34)32(23)40-42(35,36)37)28-20(33)18(16-13-41-22(25)27-16)29-39-11-10-38-15-4-5-17(26-12-15)31-9-8-30(14-31)7-3-6-24;3-2(4,5)1(6)7/h4-5,8-9,12-14,19H,3,6-7,10-11,24H2,1-2H3,(H3-,25,27,28,33,35,36,37);(H,6,7)/p+1. The average Bonchev–Trinajstić information content (AvgIpc) is 3.68. The van der Waals surface area contributed by atoms with Crippen molar-refractivity contribution in [3.8, 4) is 11.6 Å². The number of nitrogen functional groups attached to an aromatic ring is 1. The molecule has 2 amide bonds. The number of oxime groups is 1. The van der Waals surface area contributed by atoms with Crippen molar-refractivity contribution in [3.63, 3.8) is 0 Å². The molecule has 4 heterocycles. The summed E-state index contributed by atoms with van der Waals surface area (Å²) in [5.74, 6) is -3.31. The number of pyridine rings is 1. The maximum atomic E-state index is 13.0. The highest BCUT2D eigenvalue weighted by Crippen LogP contribution is 2.33. The molecule has 1 atom stereocenters. The van der Waals surface area contributed by atoms with Gasteiger partial charge in [0, 0.05) is 11.4 Å². The van der Waals surface area contributed by atoms with Crippen LogP contribution in [0.1, 0.15) is 26.0 Å². The summed E-state index contributed by atoms with van der Waals surface area (Å²) >= 11 is 1.06. The number of β-lactam (4-membered cyclic amide) rings is 1. The Bertz CT molecular complexity index is 1760. The van der Waals surface area contributed by atoms with Gasteiger partial charge in [0.15, 0.2) is 17.5 Å². The SMILES string of the molecule is CC1(C)C(NC(=O)C(=NOCCOc2ccc(-n3cc[n+](CCCN)c3)nc2)c2csc(N)n2)C(=O)N1OS(=O)(=O)O.O=C(O)C(F)(F)F. The van der Waals surface area contributed by atoms with Gasteiger partial charge in [0.2, 0.25) is 12.1 Å². The lowest BCUT2D eigenvalue weighted by Gasteiger charge is -2.50. The molecule has 3 aromatic rings. The average molecular weight is 739 g/mol. The van der Waals surface area contributed by atoms with Gasteiger partial charge in [0.1, 0.15) is 36.5 Å². The van der Waals surface area contributed by atoms with Crippen molar-refractivity contribution >= 4 is 50.4 Å². The van der Waals surface area contributed by atoms with Gasteiger partial charge in [0.25, 0.3) is 11.8 Å². The van der Waals surface area contributed by atoms with Gasteiger partial charge in [-0.1, -0.05) is 5.16 Å². The molecule has 24 heteroatoms. The number of thiazole rings is 1. The van der Waals surface area contributed by atoms with Crippen LogP contribution in [0, 0.1) is 0 Å². The van der Waals surface area contributed by atoms with E-state index in [2.05, 4.69) is 24.7 Å². The predicted molar refractivity (Wildman–Crippen MR) is 161 cm³/mol. The highest BCUT2D eigenvalue weighted by atomic mass is 32.3. The van der Waals surface area contributed by atoms with Crippen molar-refractivity contribution in [2.45, 2.75) is 44.6 Å². The summed E-state index contributed by atoms with van der Waals surface area (Å²) in [6.07, 6.45) is 3.09. The van der Waals surface area contributed by atoms with Crippen LogP contribution in [-0.4, -0.2) is 98.7 Å². The van der Waals surface area contributed by atoms with Crippen LogP contribution in [-0.2, 0) is 40.4 Å². The number of anilines is 1. The minimum absolute atomic E-state index is 0.0548. The number of carboxylic acids is 1. The summed E-state index contributed by atoms with van der Waals surface area (Å²) in [6, 6.07) is 2.34. The maximum absolute atomic E-state index is 13.0. The van der Waals surface area contributed by atoms with Crippen molar-refractivity contribution in [3.05, 3.63) is 48.1 Å². The van der Waals surface area contributed by atoms with Crippen LogP contribution in [0.5, 0.6) is 5.75 Å². The number of alkyl halides is 3. The molecule has 0 aromatic carbocycles. The fraction of sp³-hybridized carbons (Fsp3) is 0.400. The second-order valence-electron chi connectivity index (χ2n) is 10.2. The highest BCUT2D eigenvalue weighted by molar-refractivity contribution is 7.80. The lowest BCUT2D eigenvalue weighted by molar-refractivity contribution is -0.696. The third-order valence-corrected chi connectivity index (χ3v) is 7.25. The fourth-order valence-corrected chi connectivity index (χ4v) is 4.88. The Morgan fingerprint density at radius 1 is 1.27 bits per heavy atom. The number of rotatable bonds is 14. The van der Waals surface area contributed by atoms with E-state index < -0.39 is 45.9 Å². The molecule has 4 rings (SSSR count). The van der Waals surface area contributed by atoms with Gasteiger partial charge < -0.3 is 31.5 Å². The number of amides is 2. The number of nitrogens with two attached hydrogens (primary N) is 2. The molecule has 49 heavy (non-hydrogen) atoms. The second-order valence-corrected chi connectivity index (χ2v) is 12.1. The van der Waals surface area contributed by atoms with Crippen LogP contribution in [0.2, 0.25) is 0 Å². The molecule has 0 aliphatic carbocycles. The number of halogens is 3. The Morgan fingerprint density at radius 3 is 2.49 bits per heavy atom. The lowest BCUT2D eigenvalue weighted by Crippen LogP contribution is -2.76. The smallest absolute Gasteiger partial charge is 0.488 e. The number of carbonyl (C=O) groups is 3. The number of aliphatic carboxylic acids is 1. The van der Waals surface area contributed by atoms with Gasteiger partial charge in [-0.2, -0.15) is 31.2 Å². The third-order valence-electron chi connectivity index (χ3n) is 6.24. The molecule has 268 valence electrons. The van der Waals surface area contributed by atoms with Gasteiger partial charge in [-0.15, -0.1) is 15.6 Å². The Labute approximate surface area is 279 Å². The number of aromatic nitrogens is 4. The number of nitrogens with one attached hydrogen (secondary N) is 1. The summed E-state index contributed by atoms with van der Waals surface area (Å²) in [7, 11) is -4.95. The zero-order chi connectivity index (χ0) is 36.6. The number of carboxylic acid groups (broad SMARTS) is 1. The Kier molecular flexibility index (Phi) is 12.6. The first-order valence-corrected chi connectivity index (χ1v) is 16.0. The summed E-state index contributed by atoms with van der Waals surface area (Å²) in [4.78, 5) is 48.1. The van der Waals surface area contributed by atoms with E-state index in [-0.39, 0.29) is 29.8 Å². The van der Waals surface area contributed by atoms with E-state index in [4.69, 9.17) is 35.5 Å². The Morgan fingerprint density at radius 2 is 1.96 bits per heavy atom.